The van der Waals surface area contributed by atoms with E-state index in [0.29, 0.717) is 49.0 Å². The number of nitrogens with zero attached hydrogens (tertiary/aromatic N) is 2. The van der Waals surface area contributed by atoms with Gasteiger partial charge in [-0.15, -0.1) is 0 Å². The van der Waals surface area contributed by atoms with Crippen molar-refractivity contribution in [1.29, 1.82) is 0 Å². The predicted molar refractivity (Wildman–Crippen MR) is 144 cm³/mol. The van der Waals surface area contributed by atoms with E-state index in [0.717, 1.165) is 16.5 Å². The summed E-state index contributed by atoms with van der Waals surface area (Å²) >= 11 is 0. The molecule has 0 bridgehead atoms. The molecule has 0 radical (unpaired) electrons. The number of rotatable bonds is 6. The molecule has 5 rings (SSSR count). The second kappa shape index (κ2) is 10.1. The zero-order valence-corrected chi connectivity index (χ0v) is 21.6. The van der Waals surface area contributed by atoms with E-state index in [2.05, 4.69) is 4.98 Å². The molecule has 1 aromatic heterocycles. The number of aliphatic hydroxyl groups is 1. The minimum atomic E-state index is -3.62. The molecule has 3 aromatic carbocycles. The highest BCUT2D eigenvalue weighted by atomic mass is 32.2. The number of hydrogen-bond acceptors (Lipinski definition) is 5. The number of aromatic nitrogens is 1. The number of para-hydroxylation sites is 1. The standard InChI is InChI=1S/C30H30N2O4S/c1-22-6-2-3-7-26(22)20-30(34)15-18-32(19-16-30)29(33)25-13-11-23(12-14-25)21-37(35,36)27-10-4-8-24-9-5-17-31-28(24)27/h2-14,17,34H,15-16,18-21H2,1H3. The average Bonchev–Trinajstić information content (AvgIpc) is 2.90. The molecule has 6 nitrogen and oxygen atoms in total. The largest absolute Gasteiger partial charge is 0.389 e. The SMILES string of the molecule is Cc1ccccc1CC1(O)CCN(C(=O)c2ccc(CS(=O)(=O)c3cccc4cccnc34)cc2)CC1. The molecular formula is C30H30N2O4S. The number of aryl methyl sites for hydroxylation is 1. The minimum absolute atomic E-state index is 0.106. The molecule has 0 spiro atoms. The fourth-order valence-electron chi connectivity index (χ4n) is 5.02. The van der Waals surface area contributed by atoms with E-state index in [4.69, 9.17) is 0 Å². The highest BCUT2D eigenvalue weighted by molar-refractivity contribution is 7.90. The summed E-state index contributed by atoms with van der Waals surface area (Å²) in [5.74, 6) is -0.280. The van der Waals surface area contributed by atoms with Crippen LogP contribution in [0.1, 0.15) is 39.9 Å². The van der Waals surface area contributed by atoms with Gasteiger partial charge < -0.3 is 10.0 Å². The quantitative estimate of drug-likeness (QED) is 0.402. The van der Waals surface area contributed by atoms with Crippen molar-refractivity contribution in [3.05, 3.63) is 107 Å². The topological polar surface area (TPSA) is 87.6 Å². The lowest BCUT2D eigenvalue weighted by Crippen LogP contribution is -2.47. The van der Waals surface area contributed by atoms with Crippen LogP contribution in [0.25, 0.3) is 10.9 Å². The summed E-state index contributed by atoms with van der Waals surface area (Å²) in [5, 5.41) is 11.9. The number of sulfone groups is 1. The van der Waals surface area contributed by atoms with Gasteiger partial charge in [0.2, 0.25) is 0 Å². The first-order valence-electron chi connectivity index (χ1n) is 12.5. The summed E-state index contributed by atoms with van der Waals surface area (Å²) in [7, 11) is -3.62. The number of hydrogen-bond donors (Lipinski definition) is 1. The Labute approximate surface area is 217 Å². The van der Waals surface area contributed by atoms with E-state index in [1.807, 2.05) is 43.3 Å². The summed E-state index contributed by atoms with van der Waals surface area (Å²) < 4.78 is 26.3. The number of amides is 1. The first kappa shape index (κ1) is 25.1. The van der Waals surface area contributed by atoms with Crippen molar-refractivity contribution in [3.63, 3.8) is 0 Å². The van der Waals surface area contributed by atoms with Crippen LogP contribution in [0, 0.1) is 6.92 Å². The molecular weight excluding hydrogens is 484 g/mol. The molecule has 0 saturated carbocycles. The van der Waals surface area contributed by atoms with Crippen LogP contribution in [0.4, 0.5) is 0 Å². The van der Waals surface area contributed by atoms with Crippen LogP contribution in [-0.2, 0) is 22.0 Å². The number of carbonyl (C=O) groups excluding carboxylic acids is 1. The zero-order valence-electron chi connectivity index (χ0n) is 20.8. The fourth-order valence-corrected chi connectivity index (χ4v) is 6.55. The second-order valence-electron chi connectivity index (χ2n) is 9.91. The lowest BCUT2D eigenvalue weighted by molar-refractivity contribution is -0.0163. The normalized spacial score (nSPS) is 15.6. The number of carbonyl (C=O) groups is 1. The average molecular weight is 515 g/mol. The predicted octanol–water partition coefficient (Wildman–Crippen LogP) is 4.73. The monoisotopic (exact) mass is 514 g/mol. The zero-order chi connectivity index (χ0) is 26.0. The van der Waals surface area contributed by atoms with Crippen LogP contribution in [0.2, 0.25) is 0 Å². The molecule has 190 valence electrons. The molecule has 0 atom stereocenters. The smallest absolute Gasteiger partial charge is 0.253 e. The number of pyridine rings is 1. The Morgan fingerprint density at radius 3 is 2.38 bits per heavy atom. The van der Waals surface area contributed by atoms with E-state index in [1.165, 1.54) is 0 Å². The maximum absolute atomic E-state index is 13.2. The Bertz CT molecular complexity index is 1530. The van der Waals surface area contributed by atoms with E-state index in [-0.39, 0.29) is 16.6 Å². The maximum Gasteiger partial charge on any atom is 0.253 e. The third-order valence-corrected chi connectivity index (χ3v) is 8.96. The van der Waals surface area contributed by atoms with Gasteiger partial charge in [0.05, 0.1) is 21.8 Å². The fraction of sp³-hybridized carbons (Fsp3) is 0.267. The number of fused-ring (bicyclic) bond motifs is 1. The van der Waals surface area contributed by atoms with E-state index in [1.54, 1.807) is 53.6 Å². The summed E-state index contributed by atoms with van der Waals surface area (Å²) in [6.07, 6.45) is 3.20. The van der Waals surface area contributed by atoms with Gasteiger partial charge in [0.1, 0.15) is 0 Å². The van der Waals surface area contributed by atoms with Gasteiger partial charge in [0, 0.05) is 36.7 Å². The summed E-state index contributed by atoms with van der Waals surface area (Å²) in [5.41, 5.74) is 3.05. The second-order valence-corrected chi connectivity index (χ2v) is 11.9. The van der Waals surface area contributed by atoms with Crippen LogP contribution in [0.3, 0.4) is 0 Å². The van der Waals surface area contributed by atoms with Crippen LogP contribution < -0.4 is 0 Å². The van der Waals surface area contributed by atoms with Crippen molar-refractivity contribution in [2.24, 2.45) is 0 Å². The Morgan fingerprint density at radius 2 is 1.65 bits per heavy atom. The lowest BCUT2D eigenvalue weighted by atomic mass is 9.84. The maximum atomic E-state index is 13.2. The van der Waals surface area contributed by atoms with E-state index >= 15 is 0 Å². The van der Waals surface area contributed by atoms with Gasteiger partial charge in [0.15, 0.2) is 9.84 Å². The molecule has 1 N–H and O–H groups in total. The van der Waals surface area contributed by atoms with Gasteiger partial charge in [-0.25, -0.2) is 8.42 Å². The van der Waals surface area contributed by atoms with Gasteiger partial charge in [-0.1, -0.05) is 54.6 Å². The van der Waals surface area contributed by atoms with Crippen molar-refractivity contribution in [3.8, 4) is 0 Å². The van der Waals surface area contributed by atoms with Crippen LogP contribution >= 0.6 is 0 Å². The summed E-state index contributed by atoms with van der Waals surface area (Å²) in [4.78, 5) is 19.3. The molecule has 0 aliphatic carbocycles. The van der Waals surface area contributed by atoms with Crippen LogP contribution in [-0.4, -0.2) is 48.0 Å². The molecule has 7 heteroatoms. The van der Waals surface area contributed by atoms with Crippen LogP contribution in [0.5, 0.6) is 0 Å². The molecule has 1 saturated heterocycles. The van der Waals surface area contributed by atoms with Crippen LogP contribution in [0.15, 0.2) is 90.0 Å². The minimum Gasteiger partial charge on any atom is -0.389 e. The Balaban J connectivity index is 1.24. The van der Waals surface area contributed by atoms with Gasteiger partial charge in [-0.2, -0.15) is 0 Å². The third kappa shape index (κ3) is 5.43. The molecule has 0 unspecified atom stereocenters. The van der Waals surface area contributed by atoms with Crippen molar-refractivity contribution >= 4 is 26.6 Å². The first-order chi connectivity index (χ1) is 17.7. The number of piperidine rings is 1. The van der Waals surface area contributed by atoms with Gasteiger partial charge in [-0.05, 0) is 60.7 Å². The number of likely N-dealkylation sites (tertiary alicyclic amines) is 1. The molecule has 1 aliphatic heterocycles. The van der Waals surface area contributed by atoms with Gasteiger partial charge >= 0.3 is 0 Å². The molecule has 1 amide bonds. The highest BCUT2D eigenvalue weighted by Crippen LogP contribution is 2.29. The first-order valence-corrected chi connectivity index (χ1v) is 14.1. The lowest BCUT2D eigenvalue weighted by Gasteiger charge is -2.38. The van der Waals surface area contributed by atoms with Crippen molar-refractivity contribution < 1.29 is 18.3 Å². The van der Waals surface area contributed by atoms with Crippen molar-refractivity contribution in [1.82, 2.24) is 9.88 Å². The third-order valence-electron chi connectivity index (χ3n) is 7.25. The van der Waals surface area contributed by atoms with E-state index in [9.17, 15) is 18.3 Å². The highest BCUT2D eigenvalue weighted by Gasteiger charge is 2.34. The Kier molecular flexibility index (Phi) is 6.84. The van der Waals surface area contributed by atoms with Crippen molar-refractivity contribution in [2.75, 3.05) is 13.1 Å². The Morgan fingerprint density at radius 1 is 0.946 bits per heavy atom. The molecule has 4 aromatic rings. The van der Waals surface area contributed by atoms with E-state index < -0.39 is 15.4 Å². The molecule has 2 heterocycles. The van der Waals surface area contributed by atoms with Crippen molar-refractivity contribution in [2.45, 2.75) is 42.4 Å². The molecule has 1 fully saturated rings. The number of benzene rings is 3. The van der Waals surface area contributed by atoms with Gasteiger partial charge in [-0.3, -0.25) is 9.78 Å². The summed E-state index contributed by atoms with van der Waals surface area (Å²) in [6.45, 7) is 3.00. The van der Waals surface area contributed by atoms with Gasteiger partial charge in [0.25, 0.3) is 5.91 Å². The summed E-state index contributed by atoms with van der Waals surface area (Å²) in [6, 6.07) is 23.6. The molecule has 1 aliphatic rings. The molecule has 37 heavy (non-hydrogen) atoms. The Hall–Kier alpha value is -3.55.